The molecule has 0 aromatic heterocycles. The molecule has 0 amide bonds. The highest BCUT2D eigenvalue weighted by Crippen LogP contribution is 2.15. The van der Waals surface area contributed by atoms with Crippen LogP contribution in [-0.2, 0) is 28.6 Å². The summed E-state index contributed by atoms with van der Waals surface area (Å²) in [5.41, 5.74) is 0. The van der Waals surface area contributed by atoms with Crippen molar-refractivity contribution in [3.8, 4) is 0 Å². The Labute approximate surface area is 371 Å². The van der Waals surface area contributed by atoms with E-state index in [0.29, 0.717) is 19.3 Å². The Bertz CT molecular complexity index is 1060. The maximum Gasteiger partial charge on any atom is 0.306 e. The summed E-state index contributed by atoms with van der Waals surface area (Å²) in [4.78, 5) is 37.9. The smallest absolute Gasteiger partial charge is 0.306 e. The summed E-state index contributed by atoms with van der Waals surface area (Å²) in [5, 5.41) is 0. The number of carbonyl (C=O) groups excluding carboxylic acids is 3. The van der Waals surface area contributed by atoms with Gasteiger partial charge in [0.1, 0.15) is 13.2 Å². The van der Waals surface area contributed by atoms with Crippen molar-refractivity contribution in [2.75, 3.05) is 13.2 Å². The fourth-order valence-corrected chi connectivity index (χ4v) is 7.26. The Morgan fingerprint density at radius 3 is 1.07 bits per heavy atom. The fraction of sp³-hybridized carbons (Fsp3) is 0.796. The molecule has 0 saturated heterocycles. The predicted molar refractivity (Wildman–Crippen MR) is 256 cm³/mol. The predicted octanol–water partition coefficient (Wildman–Crippen LogP) is 16.7. The van der Waals surface area contributed by atoms with Gasteiger partial charge < -0.3 is 14.2 Å². The second-order valence-electron chi connectivity index (χ2n) is 17.1. The fourth-order valence-electron chi connectivity index (χ4n) is 7.26. The number of carbonyl (C=O) groups is 3. The monoisotopic (exact) mass is 841 g/mol. The van der Waals surface area contributed by atoms with E-state index in [9.17, 15) is 14.4 Å². The molecule has 0 radical (unpaired) electrons. The van der Waals surface area contributed by atoms with Crippen LogP contribution in [0.3, 0.4) is 0 Å². The minimum absolute atomic E-state index is 0.0839. The summed E-state index contributed by atoms with van der Waals surface area (Å²) in [7, 11) is 0. The molecular weight excluding hydrogens is 745 g/mol. The molecule has 1 atom stereocenters. The van der Waals surface area contributed by atoms with Gasteiger partial charge >= 0.3 is 17.9 Å². The third-order valence-electron chi connectivity index (χ3n) is 11.1. The molecule has 0 aromatic rings. The summed E-state index contributed by atoms with van der Waals surface area (Å²) in [6.45, 7) is 6.48. The van der Waals surface area contributed by atoms with Crippen LogP contribution in [0.5, 0.6) is 0 Å². The third-order valence-corrected chi connectivity index (χ3v) is 11.1. The zero-order chi connectivity index (χ0) is 43.7. The molecule has 0 fully saturated rings. The molecule has 0 aromatic carbocycles. The first-order chi connectivity index (χ1) is 29.5. The molecule has 0 saturated carbocycles. The van der Waals surface area contributed by atoms with Gasteiger partial charge in [-0.2, -0.15) is 0 Å². The van der Waals surface area contributed by atoms with Crippen LogP contribution in [0.2, 0.25) is 0 Å². The average Bonchev–Trinajstić information content (AvgIpc) is 3.24. The molecule has 0 spiro atoms. The van der Waals surface area contributed by atoms with Gasteiger partial charge in [-0.3, -0.25) is 14.4 Å². The van der Waals surface area contributed by atoms with Crippen molar-refractivity contribution in [2.45, 2.75) is 264 Å². The molecule has 0 aliphatic rings. The van der Waals surface area contributed by atoms with Crippen molar-refractivity contribution in [2.24, 2.45) is 0 Å². The first-order valence-electron chi connectivity index (χ1n) is 25.7. The van der Waals surface area contributed by atoms with Gasteiger partial charge in [0.05, 0.1) is 0 Å². The molecule has 6 nitrogen and oxygen atoms in total. The minimum atomic E-state index is -0.786. The van der Waals surface area contributed by atoms with E-state index in [-0.39, 0.29) is 31.1 Å². The SMILES string of the molecule is CC/C=C/C=C/C=C/CCCCCCCC(=O)OC(COC(=O)CCCCC/C=C/CCCCCCCC)COC(=O)CCCCCCCCCCCCCCCCCC. The van der Waals surface area contributed by atoms with Crippen LogP contribution < -0.4 is 0 Å². The Balaban J connectivity index is 4.38. The maximum atomic E-state index is 12.8. The van der Waals surface area contributed by atoms with Crippen molar-refractivity contribution in [1.29, 1.82) is 0 Å². The van der Waals surface area contributed by atoms with Crippen molar-refractivity contribution < 1.29 is 28.6 Å². The molecule has 0 rings (SSSR count). The van der Waals surface area contributed by atoms with E-state index in [1.165, 1.54) is 122 Å². The number of unbranched alkanes of at least 4 members (excludes halogenated alkanes) is 29. The Kier molecular flexibility index (Phi) is 46.9. The average molecular weight is 841 g/mol. The topological polar surface area (TPSA) is 78.9 Å². The van der Waals surface area contributed by atoms with Gasteiger partial charge in [-0.05, 0) is 64.2 Å². The number of rotatable bonds is 46. The highest BCUT2D eigenvalue weighted by molar-refractivity contribution is 5.71. The zero-order valence-electron chi connectivity index (χ0n) is 39.7. The molecular formula is C54H96O6. The van der Waals surface area contributed by atoms with Gasteiger partial charge in [0.25, 0.3) is 0 Å². The van der Waals surface area contributed by atoms with Gasteiger partial charge in [-0.25, -0.2) is 0 Å². The van der Waals surface area contributed by atoms with E-state index in [0.717, 1.165) is 96.3 Å². The van der Waals surface area contributed by atoms with Gasteiger partial charge in [-0.1, -0.05) is 223 Å². The van der Waals surface area contributed by atoms with Crippen molar-refractivity contribution >= 4 is 17.9 Å². The van der Waals surface area contributed by atoms with Crippen LogP contribution in [0.15, 0.2) is 48.6 Å². The number of allylic oxidation sites excluding steroid dienone is 8. The van der Waals surface area contributed by atoms with Crippen molar-refractivity contribution in [1.82, 2.24) is 0 Å². The lowest BCUT2D eigenvalue weighted by atomic mass is 10.0. The molecule has 348 valence electrons. The van der Waals surface area contributed by atoms with Gasteiger partial charge in [-0.15, -0.1) is 0 Å². The molecule has 0 aliphatic carbocycles. The van der Waals surface area contributed by atoms with Crippen LogP contribution in [0.4, 0.5) is 0 Å². The Morgan fingerprint density at radius 1 is 0.350 bits per heavy atom. The third kappa shape index (κ3) is 46.4. The van der Waals surface area contributed by atoms with Gasteiger partial charge in [0.15, 0.2) is 6.10 Å². The van der Waals surface area contributed by atoms with Crippen molar-refractivity contribution in [3.05, 3.63) is 48.6 Å². The van der Waals surface area contributed by atoms with Crippen LogP contribution in [-0.4, -0.2) is 37.2 Å². The summed E-state index contributed by atoms with van der Waals surface area (Å²) < 4.78 is 16.8. The van der Waals surface area contributed by atoms with E-state index < -0.39 is 6.10 Å². The first kappa shape index (κ1) is 57.4. The second-order valence-corrected chi connectivity index (χ2v) is 17.1. The molecule has 0 N–H and O–H groups in total. The van der Waals surface area contributed by atoms with E-state index >= 15 is 0 Å². The van der Waals surface area contributed by atoms with E-state index in [2.05, 4.69) is 69.4 Å². The quantitative estimate of drug-likeness (QED) is 0.0200. The molecule has 0 aliphatic heterocycles. The lowest BCUT2D eigenvalue weighted by molar-refractivity contribution is -0.167. The highest BCUT2D eigenvalue weighted by Gasteiger charge is 2.19. The number of hydrogen-bond acceptors (Lipinski definition) is 6. The standard InChI is InChI=1S/C54H96O6/c1-4-7-10-13-16-19-22-25-26-27-30-32-35-38-41-44-47-53(56)59-50-51(60-54(57)48-45-42-39-36-33-29-24-21-18-15-12-9-6-3)49-58-52(55)46-43-40-37-34-31-28-23-20-17-14-11-8-5-2/h9,12,15,18,21,24,28,31,51H,4-8,10-11,13-14,16-17,19-20,22-23,25-27,29-30,32-50H2,1-3H3/b12-9+,18-15+,24-21+,31-28+. The molecule has 1 unspecified atom stereocenters. The van der Waals surface area contributed by atoms with Gasteiger partial charge in [0, 0.05) is 19.3 Å². The summed E-state index contributed by atoms with van der Waals surface area (Å²) in [5.74, 6) is -0.914. The lowest BCUT2D eigenvalue weighted by Crippen LogP contribution is -2.30. The zero-order valence-corrected chi connectivity index (χ0v) is 39.7. The molecule has 6 heteroatoms. The number of ether oxygens (including phenoxy) is 3. The number of hydrogen-bond donors (Lipinski definition) is 0. The number of esters is 3. The van der Waals surface area contributed by atoms with E-state index in [1.54, 1.807) is 0 Å². The Morgan fingerprint density at radius 2 is 0.667 bits per heavy atom. The highest BCUT2D eigenvalue weighted by atomic mass is 16.6. The van der Waals surface area contributed by atoms with Crippen LogP contribution in [0.1, 0.15) is 258 Å². The van der Waals surface area contributed by atoms with Crippen LogP contribution >= 0.6 is 0 Å². The maximum absolute atomic E-state index is 12.8. The van der Waals surface area contributed by atoms with E-state index in [1.807, 2.05) is 0 Å². The van der Waals surface area contributed by atoms with Crippen LogP contribution in [0.25, 0.3) is 0 Å². The molecule has 60 heavy (non-hydrogen) atoms. The van der Waals surface area contributed by atoms with E-state index in [4.69, 9.17) is 14.2 Å². The van der Waals surface area contributed by atoms with Crippen molar-refractivity contribution in [3.63, 3.8) is 0 Å². The summed E-state index contributed by atoms with van der Waals surface area (Å²) in [6, 6.07) is 0. The Hall–Kier alpha value is -2.63. The van der Waals surface area contributed by atoms with Gasteiger partial charge in [0.2, 0.25) is 0 Å². The first-order valence-corrected chi connectivity index (χ1v) is 25.7. The molecule has 0 bridgehead atoms. The van der Waals surface area contributed by atoms with Crippen LogP contribution in [0, 0.1) is 0 Å². The second kappa shape index (κ2) is 49.0. The largest absolute Gasteiger partial charge is 0.462 e. The minimum Gasteiger partial charge on any atom is -0.462 e. The lowest BCUT2D eigenvalue weighted by Gasteiger charge is -2.18. The summed E-state index contributed by atoms with van der Waals surface area (Å²) in [6.07, 6.45) is 58.1. The molecule has 0 heterocycles. The normalized spacial score (nSPS) is 12.4. The summed E-state index contributed by atoms with van der Waals surface area (Å²) >= 11 is 0.